The largest absolute Gasteiger partial charge is 0.508 e. The number of hydrogen-bond donors (Lipinski definition) is 2. The molecule has 0 aliphatic rings. The highest BCUT2D eigenvalue weighted by atomic mass is 32.2. The molecule has 1 aromatic rings. The first-order valence-electron chi connectivity index (χ1n) is 3.66. The summed E-state index contributed by atoms with van der Waals surface area (Å²) < 4.78 is 0. The minimum absolute atomic E-state index is 0.0238. The highest BCUT2D eigenvalue weighted by molar-refractivity contribution is 7.98. The van der Waals surface area contributed by atoms with Crippen LogP contribution in [0.2, 0.25) is 0 Å². The average Bonchev–Trinajstić information content (AvgIpc) is 2.09. The van der Waals surface area contributed by atoms with Crippen molar-refractivity contribution in [1.29, 1.82) is 0 Å². The van der Waals surface area contributed by atoms with Crippen molar-refractivity contribution >= 4 is 11.8 Å². The summed E-state index contributed by atoms with van der Waals surface area (Å²) in [6.45, 7) is 1.82. The highest BCUT2D eigenvalue weighted by Gasteiger charge is 2.04. The molecule has 0 saturated carbocycles. The standard InChI is InChI=1S/C9H12O2S/c1-6-3-9(12-2)7(5-10)4-8(6)11/h3-4,10-11H,5H2,1-2H3. The Hall–Kier alpha value is -0.670. The van der Waals surface area contributed by atoms with Gasteiger partial charge in [-0.25, -0.2) is 0 Å². The molecule has 0 atom stereocenters. The van der Waals surface area contributed by atoms with Crippen molar-refractivity contribution in [2.75, 3.05) is 6.26 Å². The van der Waals surface area contributed by atoms with E-state index in [9.17, 15) is 5.11 Å². The summed E-state index contributed by atoms with van der Waals surface area (Å²) in [5.74, 6) is 0.247. The molecule has 0 amide bonds. The van der Waals surface area contributed by atoms with E-state index < -0.39 is 0 Å². The molecule has 3 heteroatoms. The van der Waals surface area contributed by atoms with Crippen molar-refractivity contribution in [1.82, 2.24) is 0 Å². The zero-order valence-corrected chi connectivity index (χ0v) is 7.98. The molecule has 0 saturated heterocycles. The molecule has 0 heterocycles. The fraction of sp³-hybridized carbons (Fsp3) is 0.333. The lowest BCUT2D eigenvalue weighted by molar-refractivity contribution is 0.278. The van der Waals surface area contributed by atoms with Gasteiger partial charge < -0.3 is 10.2 Å². The average molecular weight is 184 g/mol. The molecule has 2 nitrogen and oxygen atoms in total. The van der Waals surface area contributed by atoms with Crippen LogP contribution >= 0.6 is 11.8 Å². The van der Waals surface area contributed by atoms with Gasteiger partial charge in [-0.15, -0.1) is 11.8 Å². The van der Waals surface area contributed by atoms with Gasteiger partial charge in [0.25, 0.3) is 0 Å². The molecule has 12 heavy (non-hydrogen) atoms. The van der Waals surface area contributed by atoms with Crippen LogP contribution in [0.3, 0.4) is 0 Å². The monoisotopic (exact) mass is 184 g/mol. The maximum Gasteiger partial charge on any atom is 0.118 e. The van der Waals surface area contributed by atoms with Crippen LogP contribution in [-0.2, 0) is 6.61 Å². The fourth-order valence-electron chi connectivity index (χ4n) is 1.03. The van der Waals surface area contributed by atoms with Gasteiger partial charge in [0.2, 0.25) is 0 Å². The molecule has 0 unspecified atom stereocenters. The first-order chi connectivity index (χ1) is 5.69. The third-order valence-corrected chi connectivity index (χ3v) is 2.59. The van der Waals surface area contributed by atoms with Crippen LogP contribution in [0, 0.1) is 6.92 Å². The van der Waals surface area contributed by atoms with Gasteiger partial charge in [-0.1, -0.05) is 0 Å². The minimum Gasteiger partial charge on any atom is -0.508 e. The number of benzene rings is 1. The second kappa shape index (κ2) is 3.83. The molecule has 1 rings (SSSR count). The van der Waals surface area contributed by atoms with Gasteiger partial charge in [0.15, 0.2) is 0 Å². The number of thioether (sulfide) groups is 1. The van der Waals surface area contributed by atoms with Gasteiger partial charge >= 0.3 is 0 Å². The van der Waals surface area contributed by atoms with Crippen molar-refractivity contribution in [3.05, 3.63) is 23.3 Å². The normalized spacial score (nSPS) is 10.2. The molecule has 0 spiro atoms. The van der Waals surface area contributed by atoms with Gasteiger partial charge in [-0.2, -0.15) is 0 Å². The van der Waals surface area contributed by atoms with Crippen molar-refractivity contribution in [3.63, 3.8) is 0 Å². The second-order valence-corrected chi connectivity index (χ2v) is 3.46. The number of hydrogen-bond acceptors (Lipinski definition) is 3. The molecule has 0 radical (unpaired) electrons. The van der Waals surface area contributed by atoms with Crippen LogP contribution in [0.5, 0.6) is 5.75 Å². The van der Waals surface area contributed by atoms with E-state index in [1.165, 1.54) is 0 Å². The molecule has 66 valence electrons. The van der Waals surface area contributed by atoms with Crippen LogP contribution < -0.4 is 0 Å². The second-order valence-electron chi connectivity index (χ2n) is 2.61. The van der Waals surface area contributed by atoms with E-state index in [0.717, 1.165) is 16.0 Å². The lowest BCUT2D eigenvalue weighted by Crippen LogP contribution is -1.88. The molecule has 0 aromatic heterocycles. The van der Waals surface area contributed by atoms with Crippen LogP contribution in [-0.4, -0.2) is 16.5 Å². The van der Waals surface area contributed by atoms with Crippen LogP contribution in [0.25, 0.3) is 0 Å². The summed E-state index contributed by atoms with van der Waals surface area (Å²) in [7, 11) is 0. The number of phenols is 1. The zero-order valence-electron chi connectivity index (χ0n) is 7.16. The van der Waals surface area contributed by atoms with E-state index in [0.29, 0.717) is 0 Å². The van der Waals surface area contributed by atoms with E-state index in [1.807, 2.05) is 19.2 Å². The summed E-state index contributed by atoms with van der Waals surface area (Å²) in [5.41, 5.74) is 1.63. The molecular formula is C9H12O2S. The lowest BCUT2D eigenvalue weighted by atomic mass is 10.1. The van der Waals surface area contributed by atoms with Crippen LogP contribution in [0.1, 0.15) is 11.1 Å². The number of aromatic hydroxyl groups is 1. The lowest BCUT2D eigenvalue weighted by Gasteiger charge is -2.07. The molecule has 0 aliphatic heterocycles. The molecule has 0 bridgehead atoms. The first kappa shape index (κ1) is 9.42. The number of aryl methyl sites for hydroxylation is 1. The van der Waals surface area contributed by atoms with Gasteiger partial charge in [-0.3, -0.25) is 0 Å². The maximum atomic E-state index is 9.33. The van der Waals surface area contributed by atoms with Gasteiger partial charge in [-0.05, 0) is 36.4 Å². The quantitative estimate of drug-likeness (QED) is 0.690. The number of aliphatic hydroxyl groups is 1. The fourth-order valence-corrected chi connectivity index (χ4v) is 1.71. The Kier molecular flexibility index (Phi) is 3.00. The SMILES string of the molecule is CSc1cc(C)c(O)cc1CO. The maximum absolute atomic E-state index is 9.33. The third-order valence-electron chi connectivity index (χ3n) is 1.77. The predicted octanol–water partition coefficient (Wildman–Crippen LogP) is 1.91. The van der Waals surface area contributed by atoms with Crippen molar-refractivity contribution in [2.24, 2.45) is 0 Å². The first-order valence-corrected chi connectivity index (χ1v) is 4.89. The third kappa shape index (κ3) is 1.73. The van der Waals surface area contributed by atoms with Crippen molar-refractivity contribution in [2.45, 2.75) is 18.4 Å². The van der Waals surface area contributed by atoms with Crippen molar-refractivity contribution in [3.8, 4) is 5.75 Å². The summed E-state index contributed by atoms with van der Waals surface area (Å²) in [5, 5.41) is 18.3. The van der Waals surface area contributed by atoms with Gasteiger partial charge in [0, 0.05) is 4.90 Å². The Morgan fingerprint density at radius 3 is 2.58 bits per heavy atom. The van der Waals surface area contributed by atoms with E-state index in [2.05, 4.69) is 0 Å². The van der Waals surface area contributed by atoms with E-state index in [-0.39, 0.29) is 12.4 Å². The van der Waals surface area contributed by atoms with E-state index >= 15 is 0 Å². The topological polar surface area (TPSA) is 40.5 Å². The Morgan fingerprint density at radius 2 is 2.08 bits per heavy atom. The summed E-state index contributed by atoms with van der Waals surface area (Å²) >= 11 is 1.57. The predicted molar refractivity (Wildman–Crippen MR) is 50.5 cm³/mol. The number of rotatable bonds is 2. The van der Waals surface area contributed by atoms with E-state index in [4.69, 9.17) is 5.11 Å². The Labute approximate surface area is 76.2 Å². The van der Waals surface area contributed by atoms with Gasteiger partial charge in [0.1, 0.15) is 5.75 Å². The summed E-state index contributed by atoms with van der Waals surface area (Å²) in [6, 6.07) is 3.49. The Morgan fingerprint density at radius 1 is 1.42 bits per heavy atom. The number of aliphatic hydroxyl groups excluding tert-OH is 1. The molecule has 0 aliphatic carbocycles. The molecule has 1 aromatic carbocycles. The zero-order chi connectivity index (χ0) is 9.14. The Bertz CT molecular complexity index is 255. The molecular weight excluding hydrogens is 172 g/mol. The molecule has 0 fully saturated rings. The number of phenolic OH excluding ortho intramolecular Hbond substituents is 1. The smallest absolute Gasteiger partial charge is 0.118 e. The minimum atomic E-state index is -0.0238. The van der Waals surface area contributed by atoms with E-state index in [1.54, 1.807) is 17.8 Å². The van der Waals surface area contributed by atoms with Crippen LogP contribution in [0.4, 0.5) is 0 Å². The summed E-state index contributed by atoms with van der Waals surface area (Å²) in [4.78, 5) is 1.02. The molecule has 2 N–H and O–H groups in total. The van der Waals surface area contributed by atoms with Gasteiger partial charge in [0.05, 0.1) is 6.61 Å². The van der Waals surface area contributed by atoms with Crippen LogP contribution in [0.15, 0.2) is 17.0 Å². The van der Waals surface area contributed by atoms with Crippen molar-refractivity contribution < 1.29 is 10.2 Å². The Balaban J connectivity index is 3.19. The summed E-state index contributed by atoms with van der Waals surface area (Å²) in [6.07, 6.45) is 1.95. The highest BCUT2D eigenvalue weighted by Crippen LogP contribution is 2.27.